The van der Waals surface area contributed by atoms with Gasteiger partial charge in [-0.2, -0.15) is 10.2 Å². The van der Waals surface area contributed by atoms with E-state index in [-0.39, 0.29) is 19.1 Å². The van der Waals surface area contributed by atoms with Crippen LogP contribution in [0.1, 0.15) is 21.9 Å². The number of aliphatic hydroxyl groups excluding tert-OH is 1. The third-order valence-corrected chi connectivity index (χ3v) is 3.39. The van der Waals surface area contributed by atoms with Gasteiger partial charge in [0, 0.05) is 12.7 Å². The van der Waals surface area contributed by atoms with Crippen molar-refractivity contribution in [1.29, 1.82) is 0 Å². The molecule has 0 saturated carbocycles. The fourth-order valence-electron chi connectivity index (χ4n) is 1.77. The maximum absolute atomic E-state index is 11.7. The van der Waals surface area contributed by atoms with Gasteiger partial charge in [-0.3, -0.25) is 9.48 Å². The topological polar surface area (TPSA) is 85.0 Å². The summed E-state index contributed by atoms with van der Waals surface area (Å²) >= 11 is 6.08. The van der Waals surface area contributed by atoms with E-state index >= 15 is 0 Å². The monoisotopic (exact) mass is 297 g/mol. The number of carbonyl (C=O) groups is 1. The van der Waals surface area contributed by atoms with Crippen molar-refractivity contribution >= 4 is 17.5 Å². The molecule has 0 spiro atoms. The number of aliphatic hydroxyl groups is 1. The third-order valence-electron chi connectivity index (χ3n) is 2.84. The van der Waals surface area contributed by atoms with Crippen LogP contribution < -0.4 is 5.32 Å². The van der Waals surface area contributed by atoms with Gasteiger partial charge in [-0.05, 0) is 19.9 Å². The van der Waals surface area contributed by atoms with Gasteiger partial charge in [-0.15, -0.1) is 0 Å². The molecular weight excluding hydrogens is 282 g/mol. The number of aromatic nitrogens is 4. The lowest BCUT2D eigenvalue weighted by atomic mass is 10.4. The molecule has 8 heteroatoms. The second kappa shape index (κ2) is 6.06. The molecule has 108 valence electrons. The first-order chi connectivity index (χ1) is 9.52. The number of aryl methyl sites for hydroxylation is 1. The standard InChI is InChI=1S/C12H16ClN5O2/c1-8-11(13)9(2)18(15-8)7-17-5-3-10(16-17)12(20)14-4-6-19/h3,5,19H,4,6-7H2,1-2H3,(H,14,20). The Labute approximate surface area is 121 Å². The summed E-state index contributed by atoms with van der Waals surface area (Å²) in [5, 5.41) is 20.3. The molecule has 0 atom stereocenters. The van der Waals surface area contributed by atoms with Crippen LogP contribution in [0.4, 0.5) is 0 Å². The summed E-state index contributed by atoms with van der Waals surface area (Å²) in [5.41, 5.74) is 1.91. The van der Waals surface area contributed by atoms with E-state index in [2.05, 4.69) is 15.5 Å². The lowest BCUT2D eigenvalue weighted by Gasteiger charge is -2.04. The number of halogens is 1. The second-order valence-corrected chi connectivity index (χ2v) is 4.72. The summed E-state index contributed by atoms with van der Waals surface area (Å²) in [5.74, 6) is -0.316. The largest absolute Gasteiger partial charge is 0.395 e. The number of nitrogens with one attached hydrogen (secondary N) is 1. The minimum absolute atomic E-state index is 0.100. The maximum Gasteiger partial charge on any atom is 0.271 e. The van der Waals surface area contributed by atoms with Gasteiger partial charge in [0.2, 0.25) is 0 Å². The molecule has 2 aromatic heterocycles. The zero-order valence-electron chi connectivity index (χ0n) is 11.3. The molecular formula is C12H16ClN5O2. The van der Waals surface area contributed by atoms with E-state index in [0.717, 1.165) is 11.4 Å². The van der Waals surface area contributed by atoms with Gasteiger partial charge in [-0.1, -0.05) is 11.6 Å². The van der Waals surface area contributed by atoms with Gasteiger partial charge in [0.25, 0.3) is 5.91 Å². The Kier molecular flexibility index (Phi) is 4.41. The van der Waals surface area contributed by atoms with Crippen LogP contribution in [-0.4, -0.2) is 43.7 Å². The minimum Gasteiger partial charge on any atom is -0.395 e. The molecule has 2 aromatic rings. The van der Waals surface area contributed by atoms with Crippen molar-refractivity contribution in [2.75, 3.05) is 13.2 Å². The average molecular weight is 298 g/mol. The molecule has 1 amide bonds. The van der Waals surface area contributed by atoms with Gasteiger partial charge < -0.3 is 10.4 Å². The molecule has 20 heavy (non-hydrogen) atoms. The Balaban J connectivity index is 2.09. The van der Waals surface area contributed by atoms with E-state index in [1.54, 1.807) is 21.6 Å². The average Bonchev–Trinajstić information content (AvgIpc) is 2.98. The first-order valence-electron chi connectivity index (χ1n) is 6.15. The molecule has 0 aliphatic carbocycles. The molecule has 0 unspecified atom stereocenters. The molecule has 0 bridgehead atoms. The predicted molar refractivity (Wildman–Crippen MR) is 73.8 cm³/mol. The summed E-state index contributed by atoms with van der Waals surface area (Å²) in [6.45, 7) is 4.20. The highest BCUT2D eigenvalue weighted by Crippen LogP contribution is 2.18. The number of carbonyl (C=O) groups excluding carboxylic acids is 1. The Morgan fingerprint density at radius 3 is 2.80 bits per heavy atom. The highest BCUT2D eigenvalue weighted by molar-refractivity contribution is 6.31. The molecule has 0 radical (unpaired) electrons. The van der Waals surface area contributed by atoms with Crippen LogP contribution in [0.15, 0.2) is 12.3 Å². The van der Waals surface area contributed by atoms with Gasteiger partial charge in [0.05, 0.1) is 23.0 Å². The molecule has 2 rings (SSSR count). The zero-order valence-corrected chi connectivity index (χ0v) is 12.1. The Bertz CT molecular complexity index is 619. The maximum atomic E-state index is 11.7. The van der Waals surface area contributed by atoms with E-state index in [0.29, 0.717) is 17.4 Å². The fraction of sp³-hybridized carbons (Fsp3) is 0.417. The number of nitrogens with zero attached hydrogens (tertiary/aromatic N) is 4. The highest BCUT2D eigenvalue weighted by atomic mass is 35.5. The molecule has 2 heterocycles. The van der Waals surface area contributed by atoms with Crippen molar-refractivity contribution in [3.05, 3.63) is 34.4 Å². The third kappa shape index (κ3) is 3.00. The fourth-order valence-corrected chi connectivity index (χ4v) is 1.91. The number of hydrogen-bond acceptors (Lipinski definition) is 4. The van der Waals surface area contributed by atoms with E-state index in [4.69, 9.17) is 16.7 Å². The Morgan fingerprint density at radius 1 is 1.45 bits per heavy atom. The van der Waals surface area contributed by atoms with Crippen molar-refractivity contribution < 1.29 is 9.90 Å². The van der Waals surface area contributed by atoms with E-state index in [9.17, 15) is 4.79 Å². The van der Waals surface area contributed by atoms with Crippen LogP contribution in [0.2, 0.25) is 5.02 Å². The SMILES string of the molecule is Cc1nn(Cn2ccc(C(=O)NCCO)n2)c(C)c1Cl. The summed E-state index contributed by atoms with van der Waals surface area (Å²) in [6.07, 6.45) is 1.69. The van der Waals surface area contributed by atoms with E-state index in [1.165, 1.54) is 0 Å². The van der Waals surface area contributed by atoms with Gasteiger partial charge in [-0.25, -0.2) is 4.68 Å². The van der Waals surface area contributed by atoms with Gasteiger partial charge in [0.1, 0.15) is 12.4 Å². The van der Waals surface area contributed by atoms with Crippen LogP contribution in [-0.2, 0) is 6.67 Å². The first kappa shape index (κ1) is 14.5. The number of hydrogen-bond donors (Lipinski definition) is 2. The summed E-state index contributed by atoms with van der Waals surface area (Å²) in [4.78, 5) is 11.7. The lowest BCUT2D eigenvalue weighted by molar-refractivity contribution is 0.0939. The molecule has 0 aliphatic rings. The molecule has 0 aliphatic heterocycles. The van der Waals surface area contributed by atoms with Crippen molar-refractivity contribution in [3.8, 4) is 0 Å². The lowest BCUT2D eigenvalue weighted by Crippen LogP contribution is -2.27. The zero-order chi connectivity index (χ0) is 14.7. The van der Waals surface area contributed by atoms with Crippen molar-refractivity contribution in [2.24, 2.45) is 0 Å². The Hall–Kier alpha value is -1.86. The van der Waals surface area contributed by atoms with Gasteiger partial charge in [0.15, 0.2) is 0 Å². The normalized spacial score (nSPS) is 10.8. The first-order valence-corrected chi connectivity index (χ1v) is 6.52. The summed E-state index contributed by atoms with van der Waals surface area (Å²) in [6, 6.07) is 1.61. The van der Waals surface area contributed by atoms with Crippen LogP contribution >= 0.6 is 11.6 Å². The molecule has 7 nitrogen and oxygen atoms in total. The van der Waals surface area contributed by atoms with E-state index < -0.39 is 0 Å². The summed E-state index contributed by atoms with van der Waals surface area (Å²) < 4.78 is 3.32. The second-order valence-electron chi connectivity index (χ2n) is 4.35. The number of amides is 1. The molecule has 0 aromatic carbocycles. The molecule has 0 saturated heterocycles. The minimum atomic E-state index is -0.316. The van der Waals surface area contributed by atoms with Crippen LogP contribution in [0.5, 0.6) is 0 Å². The molecule has 2 N–H and O–H groups in total. The van der Waals surface area contributed by atoms with E-state index in [1.807, 2.05) is 13.8 Å². The predicted octanol–water partition coefficient (Wildman–Crippen LogP) is 0.578. The van der Waals surface area contributed by atoms with Crippen molar-refractivity contribution in [3.63, 3.8) is 0 Å². The van der Waals surface area contributed by atoms with Crippen molar-refractivity contribution in [2.45, 2.75) is 20.5 Å². The smallest absolute Gasteiger partial charge is 0.271 e. The Morgan fingerprint density at radius 2 is 2.20 bits per heavy atom. The summed E-state index contributed by atoms with van der Waals surface area (Å²) in [7, 11) is 0. The van der Waals surface area contributed by atoms with Crippen LogP contribution in [0.25, 0.3) is 0 Å². The van der Waals surface area contributed by atoms with Gasteiger partial charge >= 0.3 is 0 Å². The molecule has 0 fully saturated rings. The van der Waals surface area contributed by atoms with Crippen LogP contribution in [0, 0.1) is 13.8 Å². The quantitative estimate of drug-likeness (QED) is 0.845. The van der Waals surface area contributed by atoms with Crippen molar-refractivity contribution in [1.82, 2.24) is 24.9 Å². The highest BCUT2D eigenvalue weighted by Gasteiger charge is 2.12. The number of rotatable bonds is 5. The van der Waals surface area contributed by atoms with Crippen LogP contribution in [0.3, 0.4) is 0 Å².